The summed E-state index contributed by atoms with van der Waals surface area (Å²) in [5, 5.41) is 2.05. The Bertz CT molecular complexity index is 525. The van der Waals surface area contributed by atoms with Crippen molar-refractivity contribution in [3.63, 3.8) is 0 Å². The van der Waals surface area contributed by atoms with Crippen LogP contribution in [0.4, 0.5) is 18.9 Å². The Morgan fingerprint density at radius 2 is 2.05 bits per heavy atom. The number of nitrogen functional groups attached to an aromatic ring is 1. The van der Waals surface area contributed by atoms with E-state index in [1.165, 1.54) is 18.2 Å². The van der Waals surface area contributed by atoms with Gasteiger partial charge in [0.25, 0.3) is 5.91 Å². The van der Waals surface area contributed by atoms with Gasteiger partial charge in [-0.25, -0.2) is 0 Å². The lowest BCUT2D eigenvalue weighted by molar-refractivity contribution is -0.163. The van der Waals surface area contributed by atoms with Gasteiger partial charge in [0, 0.05) is 17.3 Å². The number of alkyl halides is 3. The number of carbonyl (C=O) groups is 1. The molecule has 1 aliphatic rings. The van der Waals surface area contributed by atoms with Crippen LogP contribution in [0.5, 0.6) is 5.75 Å². The van der Waals surface area contributed by atoms with Gasteiger partial charge in [-0.3, -0.25) is 4.79 Å². The van der Waals surface area contributed by atoms with Crippen LogP contribution >= 0.6 is 0 Å². The molecule has 1 fully saturated rings. The molecule has 0 aliphatic heterocycles. The zero-order chi connectivity index (χ0) is 15.0. The van der Waals surface area contributed by atoms with Crippen molar-refractivity contribution in [3.05, 3.63) is 23.8 Å². The molecular weight excluding hydrogens is 273 g/mol. The second-order valence-electron chi connectivity index (χ2n) is 4.76. The van der Waals surface area contributed by atoms with Crippen LogP contribution in [-0.4, -0.2) is 24.2 Å². The lowest BCUT2D eigenvalue weighted by atomic mass is 10.1. The number of rotatable bonds is 4. The van der Waals surface area contributed by atoms with E-state index in [9.17, 15) is 18.0 Å². The van der Waals surface area contributed by atoms with Gasteiger partial charge in [0.2, 0.25) is 0 Å². The predicted molar refractivity (Wildman–Crippen MR) is 67.5 cm³/mol. The fourth-order valence-electron chi connectivity index (χ4n) is 1.90. The number of carbonyl (C=O) groups excluding carboxylic acids is 1. The highest BCUT2D eigenvalue weighted by molar-refractivity contribution is 5.96. The second-order valence-corrected chi connectivity index (χ2v) is 4.76. The molecule has 0 aromatic heterocycles. The van der Waals surface area contributed by atoms with Crippen molar-refractivity contribution < 1.29 is 22.7 Å². The van der Waals surface area contributed by atoms with Crippen LogP contribution in [0.15, 0.2) is 18.2 Å². The quantitative estimate of drug-likeness (QED) is 0.837. The first-order valence-corrected chi connectivity index (χ1v) is 6.20. The lowest BCUT2D eigenvalue weighted by Crippen LogP contribution is -2.47. The molecule has 20 heavy (non-hydrogen) atoms. The molecular formula is C13H15F3N2O2. The summed E-state index contributed by atoms with van der Waals surface area (Å²) in [5.41, 5.74) is 3.85. The second kappa shape index (κ2) is 4.88. The third kappa shape index (κ3) is 2.81. The van der Waals surface area contributed by atoms with Crippen LogP contribution in [0.3, 0.4) is 0 Å². The Kier molecular flexibility index (Phi) is 3.54. The first-order chi connectivity index (χ1) is 9.27. The van der Waals surface area contributed by atoms with Crippen LogP contribution in [0.2, 0.25) is 0 Å². The van der Waals surface area contributed by atoms with Crippen molar-refractivity contribution in [3.8, 4) is 5.75 Å². The van der Waals surface area contributed by atoms with Gasteiger partial charge in [0.15, 0.2) is 0 Å². The van der Waals surface area contributed by atoms with Crippen molar-refractivity contribution in [2.45, 2.75) is 31.5 Å². The number of halogens is 3. The Hall–Kier alpha value is -1.92. The number of hydrogen-bond donors (Lipinski definition) is 2. The van der Waals surface area contributed by atoms with Gasteiger partial charge in [0.05, 0.1) is 6.61 Å². The summed E-state index contributed by atoms with van der Waals surface area (Å²) < 4.78 is 43.6. The average molecular weight is 288 g/mol. The first kappa shape index (κ1) is 14.5. The molecule has 4 nitrogen and oxygen atoms in total. The van der Waals surface area contributed by atoms with Crippen molar-refractivity contribution in [1.82, 2.24) is 5.32 Å². The highest BCUT2D eigenvalue weighted by Gasteiger charge is 2.64. The van der Waals surface area contributed by atoms with Crippen LogP contribution in [0, 0.1) is 0 Å². The summed E-state index contributed by atoms with van der Waals surface area (Å²) >= 11 is 0. The molecule has 0 radical (unpaired) electrons. The summed E-state index contributed by atoms with van der Waals surface area (Å²) in [6.07, 6.45) is -4.63. The smallest absolute Gasteiger partial charge is 0.411 e. The zero-order valence-electron chi connectivity index (χ0n) is 10.9. The molecule has 1 saturated carbocycles. The molecule has 7 heteroatoms. The zero-order valence-corrected chi connectivity index (χ0v) is 10.9. The van der Waals surface area contributed by atoms with Gasteiger partial charge < -0.3 is 15.8 Å². The van der Waals surface area contributed by atoms with Crippen LogP contribution in [0.1, 0.15) is 30.1 Å². The number of anilines is 1. The van der Waals surface area contributed by atoms with Gasteiger partial charge >= 0.3 is 6.18 Å². The summed E-state index contributed by atoms with van der Waals surface area (Å²) in [6.45, 7) is 2.13. The van der Waals surface area contributed by atoms with E-state index < -0.39 is 17.6 Å². The maximum absolute atomic E-state index is 12.8. The number of ether oxygens (including phenoxy) is 1. The molecule has 3 N–H and O–H groups in total. The van der Waals surface area contributed by atoms with Gasteiger partial charge in [0.1, 0.15) is 11.3 Å². The average Bonchev–Trinajstić information content (AvgIpc) is 3.09. The standard InChI is InChI=1S/C13H15F3N2O2/c1-2-20-10-6-8(5-9(17)7-10)11(19)18-12(3-4-12)13(14,15)16/h5-7H,2-4,17H2,1H3,(H,18,19). The molecule has 0 bridgehead atoms. The van der Waals surface area contributed by atoms with Crippen molar-refractivity contribution in [2.24, 2.45) is 0 Å². The Morgan fingerprint density at radius 1 is 1.40 bits per heavy atom. The molecule has 0 saturated heterocycles. The van der Waals surface area contributed by atoms with Gasteiger partial charge in [-0.05, 0) is 31.9 Å². The SMILES string of the molecule is CCOc1cc(N)cc(C(=O)NC2(C(F)(F)F)CC2)c1. The van der Waals surface area contributed by atoms with Crippen molar-refractivity contribution in [2.75, 3.05) is 12.3 Å². The Morgan fingerprint density at radius 3 is 2.55 bits per heavy atom. The summed E-state index contributed by atoms with van der Waals surface area (Å²) in [5.74, 6) is -0.442. The summed E-state index contributed by atoms with van der Waals surface area (Å²) in [6, 6.07) is 4.21. The highest BCUT2D eigenvalue weighted by atomic mass is 19.4. The first-order valence-electron chi connectivity index (χ1n) is 6.20. The fourth-order valence-corrected chi connectivity index (χ4v) is 1.90. The maximum Gasteiger partial charge on any atom is 0.411 e. The topological polar surface area (TPSA) is 64.3 Å². The fraction of sp³-hybridized carbons (Fsp3) is 0.462. The number of nitrogens with one attached hydrogen (secondary N) is 1. The monoisotopic (exact) mass is 288 g/mol. The summed E-state index contributed by atoms with van der Waals surface area (Å²) in [7, 11) is 0. The number of nitrogens with two attached hydrogens (primary N) is 1. The molecule has 0 heterocycles. The number of benzene rings is 1. The minimum Gasteiger partial charge on any atom is -0.494 e. The molecule has 1 aromatic rings. The van der Waals surface area contributed by atoms with Crippen molar-refractivity contribution >= 4 is 11.6 Å². The van der Waals surface area contributed by atoms with Crippen LogP contribution in [0.25, 0.3) is 0 Å². The van der Waals surface area contributed by atoms with E-state index in [4.69, 9.17) is 10.5 Å². The molecule has 1 aliphatic carbocycles. The van der Waals surface area contributed by atoms with E-state index in [1.54, 1.807) is 6.92 Å². The predicted octanol–water partition coefficient (Wildman–Crippen LogP) is 2.49. The largest absolute Gasteiger partial charge is 0.494 e. The minimum absolute atomic E-state index is 0.0592. The minimum atomic E-state index is -4.44. The third-order valence-electron chi connectivity index (χ3n) is 3.15. The molecule has 110 valence electrons. The van der Waals surface area contributed by atoms with E-state index in [0.717, 1.165) is 0 Å². The van der Waals surface area contributed by atoms with Gasteiger partial charge in [-0.15, -0.1) is 0 Å². The Labute approximate surface area is 114 Å². The number of hydrogen-bond acceptors (Lipinski definition) is 3. The number of amides is 1. The molecule has 1 aromatic carbocycles. The van der Waals surface area contributed by atoms with E-state index in [1.807, 2.05) is 5.32 Å². The van der Waals surface area contributed by atoms with Crippen LogP contribution < -0.4 is 15.8 Å². The third-order valence-corrected chi connectivity index (χ3v) is 3.15. The molecule has 0 atom stereocenters. The van der Waals surface area contributed by atoms with Gasteiger partial charge in [-0.2, -0.15) is 13.2 Å². The highest BCUT2D eigenvalue weighted by Crippen LogP contribution is 2.49. The maximum atomic E-state index is 12.8. The van der Waals surface area contributed by atoms with Crippen molar-refractivity contribution in [1.29, 1.82) is 0 Å². The van der Waals surface area contributed by atoms with E-state index >= 15 is 0 Å². The lowest BCUT2D eigenvalue weighted by Gasteiger charge is -2.21. The Balaban J connectivity index is 2.18. The molecule has 2 rings (SSSR count). The van der Waals surface area contributed by atoms with E-state index in [0.29, 0.717) is 12.4 Å². The van der Waals surface area contributed by atoms with E-state index in [-0.39, 0.29) is 24.1 Å². The molecule has 1 amide bonds. The molecule has 0 unspecified atom stereocenters. The summed E-state index contributed by atoms with van der Waals surface area (Å²) in [4.78, 5) is 11.9. The van der Waals surface area contributed by atoms with Gasteiger partial charge in [-0.1, -0.05) is 0 Å². The molecule has 0 spiro atoms. The normalized spacial score (nSPS) is 16.6. The van der Waals surface area contributed by atoms with E-state index in [2.05, 4.69) is 0 Å². The van der Waals surface area contributed by atoms with Crippen LogP contribution in [-0.2, 0) is 0 Å².